The first-order valence-corrected chi connectivity index (χ1v) is 5.84. The first-order chi connectivity index (χ1) is 9.58. The van der Waals surface area contributed by atoms with Crippen molar-refractivity contribution in [1.29, 1.82) is 0 Å². The number of nitrogens with zero attached hydrogens (tertiary/aromatic N) is 1. The van der Waals surface area contributed by atoms with Gasteiger partial charge in [-0.3, -0.25) is 10.4 Å². The summed E-state index contributed by atoms with van der Waals surface area (Å²) in [7, 11) is 0. The number of hydrogen-bond acceptors (Lipinski definition) is 4. The molecule has 1 aromatic carbocycles. The van der Waals surface area contributed by atoms with Crippen LogP contribution in [0.3, 0.4) is 0 Å². The van der Waals surface area contributed by atoms with Gasteiger partial charge in [0.05, 0.1) is 0 Å². The molecule has 0 bridgehead atoms. The summed E-state index contributed by atoms with van der Waals surface area (Å²) in [4.78, 5) is 22.6. The third-order valence-electron chi connectivity index (χ3n) is 2.59. The monoisotopic (exact) mass is 275 g/mol. The minimum Gasteiger partial charge on any atom is -0.477 e. The Balaban J connectivity index is 1.97. The van der Waals surface area contributed by atoms with Gasteiger partial charge in [0.2, 0.25) is 0 Å². The van der Waals surface area contributed by atoms with E-state index in [1.807, 2.05) is 30.3 Å². The highest BCUT2D eigenvalue weighted by atomic mass is 16.5. The molecule has 7 heteroatoms. The number of carboxylic acids is 1. The highest BCUT2D eigenvalue weighted by molar-refractivity contribution is 5.98. The maximum atomic E-state index is 11.6. The predicted octanol–water partition coefficient (Wildman–Crippen LogP) is 2.17. The molecular formula is C13H13N3O4. The number of amides is 1. The molecule has 104 valence electrons. The number of ether oxygens (including phenoxy) is 1. The fourth-order valence-electron chi connectivity index (χ4n) is 1.64. The number of H-pyrrole nitrogens is 1. The number of aryl methyl sites for hydroxylation is 1. The first kappa shape index (κ1) is 13.6. The number of benzene rings is 1. The van der Waals surface area contributed by atoms with E-state index >= 15 is 0 Å². The van der Waals surface area contributed by atoms with E-state index in [-0.39, 0.29) is 18.0 Å². The van der Waals surface area contributed by atoms with Gasteiger partial charge < -0.3 is 9.84 Å². The molecule has 1 heterocycles. The molecular weight excluding hydrogens is 262 g/mol. The van der Waals surface area contributed by atoms with Gasteiger partial charge in [-0.1, -0.05) is 30.3 Å². The Hall–Kier alpha value is -2.83. The van der Waals surface area contributed by atoms with E-state index in [2.05, 4.69) is 15.5 Å². The number of hydrogen-bond donors (Lipinski definition) is 3. The van der Waals surface area contributed by atoms with Crippen LogP contribution < -0.4 is 5.32 Å². The molecule has 0 atom stereocenters. The van der Waals surface area contributed by atoms with Crippen molar-refractivity contribution >= 4 is 17.9 Å². The molecule has 2 rings (SSSR count). The lowest BCUT2D eigenvalue weighted by molar-refractivity contribution is 0.0697. The van der Waals surface area contributed by atoms with Gasteiger partial charge in [-0.25, -0.2) is 9.59 Å². The van der Waals surface area contributed by atoms with Gasteiger partial charge in [0.25, 0.3) is 0 Å². The molecule has 0 aliphatic rings. The number of carbonyl (C=O) groups is 2. The summed E-state index contributed by atoms with van der Waals surface area (Å²) in [6.07, 6.45) is -0.761. The van der Waals surface area contributed by atoms with Crippen molar-refractivity contribution in [3.63, 3.8) is 0 Å². The smallest absolute Gasteiger partial charge is 0.413 e. The molecule has 2 aromatic rings. The molecule has 0 unspecified atom stereocenters. The minimum atomic E-state index is -1.17. The van der Waals surface area contributed by atoms with Crippen LogP contribution in [-0.2, 0) is 11.3 Å². The largest absolute Gasteiger partial charge is 0.477 e. The summed E-state index contributed by atoms with van der Waals surface area (Å²) < 4.78 is 4.98. The van der Waals surface area contributed by atoms with Gasteiger partial charge in [0.15, 0.2) is 5.82 Å². The molecule has 20 heavy (non-hydrogen) atoms. The second-order valence-corrected chi connectivity index (χ2v) is 4.06. The SMILES string of the molecule is Cc1[nH]nc(NC(=O)OCc2ccccc2)c1C(=O)O. The van der Waals surface area contributed by atoms with Crippen LogP contribution in [0, 0.1) is 6.92 Å². The standard InChI is InChI=1S/C13H13N3O4/c1-8-10(12(17)18)11(16-15-8)14-13(19)20-7-9-5-3-2-4-6-9/h2-6H,7H2,1H3,(H,17,18)(H2,14,15,16,19). The Kier molecular flexibility index (Phi) is 3.99. The molecule has 0 aliphatic heterocycles. The Labute approximate surface area is 114 Å². The molecule has 1 aromatic heterocycles. The van der Waals surface area contributed by atoms with Gasteiger partial charge in [-0.2, -0.15) is 5.10 Å². The highest BCUT2D eigenvalue weighted by Gasteiger charge is 2.19. The summed E-state index contributed by atoms with van der Waals surface area (Å²) in [6.45, 7) is 1.65. The van der Waals surface area contributed by atoms with Crippen molar-refractivity contribution in [2.24, 2.45) is 0 Å². The zero-order valence-corrected chi connectivity index (χ0v) is 10.7. The van der Waals surface area contributed by atoms with Crippen LogP contribution in [0.1, 0.15) is 21.6 Å². The van der Waals surface area contributed by atoms with Gasteiger partial charge in [0.1, 0.15) is 12.2 Å². The van der Waals surface area contributed by atoms with Crippen LogP contribution in [-0.4, -0.2) is 27.4 Å². The van der Waals surface area contributed by atoms with Gasteiger partial charge >= 0.3 is 12.1 Å². The van der Waals surface area contributed by atoms with Gasteiger partial charge in [-0.05, 0) is 12.5 Å². The lowest BCUT2D eigenvalue weighted by Crippen LogP contribution is -2.16. The topological polar surface area (TPSA) is 104 Å². The third-order valence-corrected chi connectivity index (χ3v) is 2.59. The summed E-state index contributed by atoms with van der Waals surface area (Å²) in [5.41, 5.74) is 1.11. The minimum absolute atomic E-state index is 0.0620. The van der Waals surface area contributed by atoms with Crippen molar-refractivity contribution in [1.82, 2.24) is 10.2 Å². The second-order valence-electron chi connectivity index (χ2n) is 4.06. The van der Waals surface area contributed by atoms with E-state index in [1.54, 1.807) is 6.92 Å². The van der Waals surface area contributed by atoms with Crippen LogP contribution >= 0.6 is 0 Å². The molecule has 0 saturated carbocycles. The quantitative estimate of drug-likeness (QED) is 0.793. The number of aromatic nitrogens is 2. The van der Waals surface area contributed by atoms with E-state index in [0.29, 0.717) is 5.69 Å². The fourth-order valence-corrected chi connectivity index (χ4v) is 1.64. The first-order valence-electron chi connectivity index (χ1n) is 5.84. The predicted molar refractivity (Wildman–Crippen MR) is 70.5 cm³/mol. The Bertz CT molecular complexity index is 622. The van der Waals surface area contributed by atoms with Crippen molar-refractivity contribution in [3.05, 3.63) is 47.2 Å². The Morgan fingerprint density at radius 3 is 2.70 bits per heavy atom. The van der Waals surface area contributed by atoms with Crippen LogP contribution in [0.15, 0.2) is 30.3 Å². The molecule has 0 saturated heterocycles. The van der Waals surface area contributed by atoms with E-state index in [0.717, 1.165) is 5.56 Å². The van der Waals surface area contributed by atoms with Crippen LogP contribution in [0.25, 0.3) is 0 Å². The van der Waals surface area contributed by atoms with E-state index in [1.165, 1.54) is 0 Å². The number of aromatic carboxylic acids is 1. The number of aromatic amines is 1. The molecule has 0 fully saturated rings. The van der Waals surface area contributed by atoms with Crippen LogP contribution in [0.4, 0.5) is 10.6 Å². The maximum Gasteiger partial charge on any atom is 0.413 e. The third kappa shape index (κ3) is 3.14. The fraction of sp³-hybridized carbons (Fsp3) is 0.154. The number of carbonyl (C=O) groups excluding carboxylic acids is 1. The molecule has 1 amide bonds. The lowest BCUT2D eigenvalue weighted by Gasteiger charge is -2.05. The van der Waals surface area contributed by atoms with Crippen molar-refractivity contribution in [2.75, 3.05) is 5.32 Å². The normalized spacial score (nSPS) is 10.1. The number of anilines is 1. The summed E-state index contributed by atoms with van der Waals surface area (Å²) in [6, 6.07) is 9.14. The highest BCUT2D eigenvalue weighted by Crippen LogP contribution is 2.16. The molecule has 0 aliphatic carbocycles. The Morgan fingerprint density at radius 1 is 1.35 bits per heavy atom. The Morgan fingerprint density at radius 2 is 2.05 bits per heavy atom. The van der Waals surface area contributed by atoms with E-state index in [9.17, 15) is 9.59 Å². The van der Waals surface area contributed by atoms with Crippen molar-refractivity contribution in [2.45, 2.75) is 13.5 Å². The van der Waals surface area contributed by atoms with Crippen molar-refractivity contribution in [3.8, 4) is 0 Å². The van der Waals surface area contributed by atoms with Gasteiger partial charge in [0, 0.05) is 5.69 Å². The molecule has 3 N–H and O–H groups in total. The average Bonchev–Trinajstić information content (AvgIpc) is 2.78. The molecule has 7 nitrogen and oxygen atoms in total. The van der Waals surface area contributed by atoms with E-state index < -0.39 is 12.1 Å². The molecule has 0 spiro atoms. The van der Waals surface area contributed by atoms with Crippen LogP contribution in [0.2, 0.25) is 0 Å². The lowest BCUT2D eigenvalue weighted by atomic mass is 10.2. The summed E-state index contributed by atoms with van der Waals surface area (Å²) in [5, 5.41) is 17.5. The summed E-state index contributed by atoms with van der Waals surface area (Å²) in [5.74, 6) is -1.23. The van der Waals surface area contributed by atoms with Crippen LogP contribution in [0.5, 0.6) is 0 Å². The van der Waals surface area contributed by atoms with Gasteiger partial charge in [-0.15, -0.1) is 0 Å². The average molecular weight is 275 g/mol. The number of carboxylic acid groups (broad SMARTS) is 1. The summed E-state index contributed by atoms with van der Waals surface area (Å²) >= 11 is 0. The zero-order valence-electron chi connectivity index (χ0n) is 10.7. The molecule has 0 radical (unpaired) electrons. The van der Waals surface area contributed by atoms with Crippen molar-refractivity contribution < 1.29 is 19.4 Å². The number of rotatable bonds is 4. The van der Waals surface area contributed by atoms with E-state index in [4.69, 9.17) is 9.84 Å². The zero-order chi connectivity index (χ0) is 14.5. The maximum absolute atomic E-state index is 11.6. The second kappa shape index (κ2) is 5.87. The number of nitrogens with one attached hydrogen (secondary N) is 2.